The lowest BCUT2D eigenvalue weighted by Gasteiger charge is -2.66. The lowest BCUT2D eigenvalue weighted by Crippen LogP contribution is -2.59. The van der Waals surface area contributed by atoms with E-state index >= 15 is 0 Å². The predicted octanol–water partition coefficient (Wildman–Crippen LogP) is 2.48. The zero-order valence-electron chi connectivity index (χ0n) is 7.51. The first-order chi connectivity index (χ1) is 5.22. The van der Waals surface area contributed by atoms with E-state index in [0.717, 1.165) is 10.8 Å². The standard InChI is InChI=1S/C10H17N.ClH/c11-8-4-10(5-8)6-9(7-10)2-1-3-9;/h8H,1-7,11H2;1H. The summed E-state index contributed by atoms with van der Waals surface area (Å²) in [5.41, 5.74) is 7.45. The molecule has 0 heterocycles. The van der Waals surface area contributed by atoms with Gasteiger partial charge in [0, 0.05) is 6.04 Å². The Morgan fingerprint density at radius 3 is 1.92 bits per heavy atom. The maximum absolute atomic E-state index is 5.81. The third kappa shape index (κ3) is 0.958. The summed E-state index contributed by atoms with van der Waals surface area (Å²) < 4.78 is 0. The lowest BCUT2D eigenvalue weighted by molar-refractivity contribution is -0.146. The first-order valence-corrected chi connectivity index (χ1v) is 4.98. The van der Waals surface area contributed by atoms with E-state index < -0.39 is 0 Å². The summed E-state index contributed by atoms with van der Waals surface area (Å²) in [6.45, 7) is 0. The van der Waals surface area contributed by atoms with Crippen LogP contribution in [0.15, 0.2) is 0 Å². The zero-order valence-corrected chi connectivity index (χ0v) is 8.33. The number of rotatable bonds is 0. The van der Waals surface area contributed by atoms with Gasteiger partial charge in [0.05, 0.1) is 0 Å². The minimum absolute atomic E-state index is 0. The van der Waals surface area contributed by atoms with Crippen molar-refractivity contribution in [2.24, 2.45) is 16.6 Å². The van der Waals surface area contributed by atoms with Crippen LogP contribution < -0.4 is 5.73 Å². The summed E-state index contributed by atoms with van der Waals surface area (Å²) in [6.07, 6.45) is 10.3. The highest BCUT2D eigenvalue weighted by molar-refractivity contribution is 5.85. The van der Waals surface area contributed by atoms with Gasteiger partial charge in [0.2, 0.25) is 0 Å². The van der Waals surface area contributed by atoms with Gasteiger partial charge in [0.25, 0.3) is 0 Å². The molecule has 0 bridgehead atoms. The van der Waals surface area contributed by atoms with E-state index in [1.54, 1.807) is 0 Å². The summed E-state index contributed by atoms with van der Waals surface area (Å²) in [6, 6.07) is 0.562. The van der Waals surface area contributed by atoms with E-state index in [0.29, 0.717) is 6.04 Å². The lowest BCUT2D eigenvalue weighted by atomic mass is 9.39. The fourth-order valence-electron chi connectivity index (χ4n) is 3.91. The fraction of sp³-hybridized carbons (Fsp3) is 1.00. The second-order valence-electron chi connectivity index (χ2n) is 5.38. The molecule has 0 saturated heterocycles. The molecule has 0 aliphatic heterocycles. The van der Waals surface area contributed by atoms with Crippen LogP contribution in [0.25, 0.3) is 0 Å². The van der Waals surface area contributed by atoms with E-state index in [1.807, 2.05) is 0 Å². The number of hydrogen-bond donors (Lipinski definition) is 1. The van der Waals surface area contributed by atoms with E-state index in [2.05, 4.69) is 0 Å². The summed E-state index contributed by atoms with van der Waals surface area (Å²) >= 11 is 0. The van der Waals surface area contributed by atoms with E-state index in [-0.39, 0.29) is 12.4 Å². The van der Waals surface area contributed by atoms with E-state index in [9.17, 15) is 0 Å². The molecule has 0 atom stereocenters. The van der Waals surface area contributed by atoms with Gasteiger partial charge in [-0.15, -0.1) is 12.4 Å². The molecule has 3 rings (SSSR count). The average Bonchev–Trinajstić information content (AvgIpc) is 1.69. The van der Waals surface area contributed by atoms with Gasteiger partial charge in [-0.2, -0.15) is 0 Å². The molecule has 3 fully saturated rings. The normalized spacial score (nSPS) is 34.8. The topological polar surface area (TPSA) is 26.0 Å². The van der Waals surface area contributed by atoms with Gasteiger partial charge in [-0.05, 0) is 49.4 Å². The molecule has 0 aromatic carbocycles. The van der Waals surface area contributed by atoms with Crippen molar-refractivity contribution >= 4 is 12.4 Å². The molecule has 3 aliphatic rings. The number of halogens is 1. The third-order valence-corrected chi connectivity index (χ3v) is 4.30. The molecule has 0 amide bonds. The Balaban J connectivity index is 0.000000563. The van der Waals surface area contributed by atoms with Crippen molar-refractivity contribution in [2.75, 3.05) is 0 Å². The predicted molar refractivity (Wildman–Crippen MR) is 52.4 cm³/mol. The van der Waals surface area contributed by atoms with Crippen LogP contribution in [0.3, 0.4) is 0 Å². The molecule has 0 aromatic rings. The first-order valence-electron chi connectivity index (χ1n) is 4.98. The summed E-state index contributed by atoms with van der Waals surface area (Å²) in [7, 11) is 0. The molecule has 2 spiro atoms. The second-order valence-corrected chi connectivity index (χ2v) is 5.38. The molecular formula is C10H18ClN. The molecule has 70 valence electrons. The smallest absolute Gasteiger partial charge is 0.00494 e. The molecule has 2 N–H and O–H groups in total. The molecule has 0 radical (unpaired) electrons. The van der Waals surface area contributed by atoms with Crippen LogP contribution in [0.5, 0.6) is 0 Å². The minimum atomic E-state index is 0. The molecule has 2 heteroatoms. The van der Waals surface area contributed by atoms with Gasteiger partial charge in [0.15, 0.2) is 0 Å². The highest BCUT2D eigenvalue weighted by atomic mass is 35.5. The van der Waals surface area contributed by atoms with Gasteiger partial charge >= 0.3 is 0 Å². The Hall–Kier alpha value is 0.250. The quantitative estimate of drug-likeness (QED) is 0.620. The molecule has 0 aromatic heterocycles. The number of hydrogen-bond acceptors (Lipinski definition) is 1. The molecule has 3 aliphatic carbocycles. The Morgan fingerprint density at radius 1 is 1.00 bits per heavy atom. The maximum atomic E-state index is 5.81. The molecule has 1 nitrogen and oxygen atoms in total. The van der Waals surface area contributed by atoms with Crippen molar-refractivity contribution in [3.63, 3.8) is 0 Å². The Kier molecular flexibility index (Phi) is 1.76. The summed E-state index contributed by atoms with van der Waals surface area (Å²) in [5.74, 6) is 0. The van der Waals surface area contributed by atoms with Crippen molar-refractivity contribution in [3.8, 4) is 0 Å². The largest absolute Gasteiger partial charge is 0.328 e. The van der Waals surface area contributed by atoms with Crippen molar-refractivity contribution in [1.29, 1.82) is 0 Å². The third-order valence-electron chi connectivity index (χ3n) is 4.30. The van der Waals surface area contributed by atoms with E-state index in [4.69, 9.17) is 5.73 Å². The first kappa shape index (κ1) is 8.83. The van der Waals surface area contributed by atoms with Crippen molar-refractivity contribution in [2.45, 2.75) is 51.0 Å². The van der Waals surface area contributed by atoms with Crippen LogP contribution in [0.1, 0.15) is 44.9 Å². The minimum Gasteiger partial charge on any atom is -0.328 e. The molecule has 12 heavy (non-hydrogen) atoms. The Bertz CT molecular complexity index is 182. The highest BCUT2D eigenvalue weighted by Gasteiger charge is 2.60. The highest BCUT2D eigenvalue weighted by Crippen LogP contribution is 2.70. The van der Waals surface area contributed by atoms with Gasteiger partial charge in [-0.3, -0.25) is 0 Å². The molecule has 0 unspecified atom stereocenters. The van der Waals surface area contributed by atoms with Crippen molar-refractivity contribution in [3.05, 3.63) is 0 Å². The molecular weight excluding hydrogens is 170 g/mol. The summed E-state index contributed by atoms with van der Waals surface area (Å²) in [4.78, 5) is 0. The van der Waals surface area contributed by atoms with Crippen LogP contribution in [0, 0.1) is 10.8 Å². The van der Waals surface area contributed by atoms with Crippen molar-refractivity contribution < 1.29 is 0 Å². The monoisotopic (exact) mass is 187 g/mol. The van der Waals surface area contributed by atoms with Gasteiger partial charge < -0.3 is 5.73 Å². The van der Waals surface area contributed by atoms with Crippen LogP contribution in [-0.4, -0.2) is 6.04 Å². The average molecular weight is 188 g/mol. The van der Waals surface area contributed by atoms with Crippen LogP contribution in [-0.2, 0) is 0 Å². The zero-order chi connectivity index (χ0) is 7.53. The summed E-state index contributed by atoms with van der Waals surface area (Å²) in [5, 5.41) is 0. The number of nitrogens with two attached hydrogens (primary N) is 1. The SMILES string of the molecule is Cl.NC1CC2(C1)CC1(CCC1)C2. The molecule has 3 saturated carbocycles. The van der Waals surface area contributed by atoms with Crippen molar-refractivity contribution in [1.82, 2.24) is 0 Å². The van der Waals surface area contributed by atoms with E-state index in [1.165, 1.54) is 44.9 Å². The van der Waals surface area contributed by atoms with Crippen LogP contribution >= 0.6 is 12.4 Å². The fourth-order valence-corrected chi connectivity index (χ4v) is 3.91. The van der Waals surface area contributed by atoms with Gasteiger partial charge in [0.1, 0.15) is 0 Å². The van der Waals surface area contributed by atoms with Crippen LogP contribution in [0.2, 0.25) is 0 Å². The Morgan fingerprint density at radius 2 is 1.58 bits per heavy atom. The van der Waals surface area contributed by atoms with Gasteiger partial charge in [-0.1, -0.05) is 6.42 Å². The van der Waals surface area contributed by atoms with Crippen LogP contribution in [0.4, 0.5) is 0 Å². The van der Waals surface area contributed by atoms with Gasteiger partial charge in [-0.25, -0.2) is 0 Å². The Labute approximate surface area is 80.5 Å². The maximum Gasteiger partial charge on any atom is 0.00494 e. The second kappa shape index (κ2) is 2.39.